The molecule has 0 spiro atoms. The summed E-state index contributed by atoms with van der Waals surface area (Å²) in [6.45, 7) is 6.55. The fourth-order valence-corrected chi connectivity index (χ4v) is 2.12. The minimum absolute atomic E-state index is 1.09. The van der Waals surface area contributed by atoms with Crippen molar-refractivity contribution in [2.45, 2.75) is 27.2 Å². The summed E-state index contributed by atoms with van der Waals surface area (Å²) in [6, 6.07) is 15.3. The zero-order valence-corrected chi connectivity index (χ0v) is 10.2. The Morgan fingerprint density at radius 2 is 1.62 bits per heavy atom. The van der Waals surface area contributed by atoms with Gasteiger partial charge in [-0.25, -0.2) is 0 Å². The van der Waals surface area contributed by atoms with Crippen molar-refractivity contribution < 1.29 is 0 Å². The first-order valence-corrected chi connectivity index (χ1v) is 5.88. The van der Waals surface area contributed by atoms with Crippen molar-refractivity contribution in [1.29, 1.82) is 0 Å². The molecule has 0 nitrogen and oxygen atoms in total. The van der Waals surface area contributed by atoms with E-state index >= 15 is 0 Å². The normalized spacial score (nSPS) is 10.4. The van der Waals surface area contributed by atoms with Gasteiger partial charge in [0.15, 0.2) is 0 Å². The SMILES string of the molecule is CCc1ccc(C)cc1-c1ccccc1C. The maximum absolute atomic E-state index is 2.29. The third-order valence-electron chi connectivity index (χ3n) is 3.08. The highest BCUT2D eigenvalue weighted by Crippen LogP contribution is 2.28. The maximum atomic E-state index is 2.29. The summed E-state index contributed by atoms with van der Waals surface area (Å²) < 4.78 is 0. The van der Waals surface area contributed by atoms with Gasteiger partial charge >= 0.3 is 0 Å². The molecule has 0 saturated carbocycles. The number of hydrogen-bond acceptors (Lipinski definition) is 0. The van der Waals surface area contributed by atoms with Gasteiger partial charge in [0, 0.05) is 0 Å². The summed E-state index contributed by atoms with van der Waals surface area (Å²) in [4.78, 5) is 0. The molecular formula is C16H18. The van der Waals surface area contributed by atoms with Crippen LogP contribution in [0.25, 0.3) is 11.1 Å². The second-order valence-electron chi connectivity index (χ2n) is 4.33. The minimum atomic E-state index is 1.09. The van der Waals surface area contributed by atoms with Crippen LogP contribution >= 0.6 is 0 Å². The summed E-state index contributed by atoms with van der Waals surface area (Å²) in [5, 5.41) is 0. The lowest BCUT2D eigenvalue weighted by atomic mass is 9.93. The Labute approximate surface area is 97.9 Å². The molecule has 0 aliphatic rings. The molecule has 0 unspecified atom stereocenters. The summed E-state index contributed by atoms with van der Waals surface area (Å²) in [5.74, 6) is 0. The molecule has 0 N–H and O–H groups in total. The molecule has 0 radical (unpaired) electrons. The topological polar surface area (TPSA) is 0 Å². The van der Waals surface area contributed by atoms with Gasteiger partial charge in [0.2, 0.25) is 0 Å². The van der Waals surface area contributed by atoms with Crippen LogP contribution in [0.2, 0.25) is 0 Å². The number of hydrogen-bond donors (Lipinski definition) is 0. The highest BCUT2D eigenvalue weighted by molar-refractivity contribution is 5.71. The lowest BCUT2D eigenvalue weighted by Crippen LogP contribution is -1.90. The quantitative estimate of drug-likeness (QED) is 0.683. The predicted molar refractivity (Wildman–Crippen MR) is 70.7 cm³/mol. The van der Waals surface area contributed by atoms with Crippen LogP contribution in [-0.2, 0) is 6.42 Å². The summed E-state index contributed by atoms with van der Waals surface area (Å²) >= 11 is 0. The molecule has 0 amide bonds. The largest absolute Gasteiger partial charge is 0.0620 e. The first-order valence-electron chi connectivity index (χ1n) is 5.88. The van der Waals surface area contributed by atoms with Gasteiger partial charge in [-0.2, -0.15) is 0 Å². The zero-order valence-electron chi connectivity index (χ0n) is 10.2. The summed E-state index contributed by atoms with van der Waals surface area (Å²) in [7, 11) is 0. The molecule has 0 atom stereocenters. The van der Waals surface area contributed by atoms with Crippen LogP contribution in [0.4, 0.5) is 0 Å². The standard InChI is InChI=1S/C16H18/c1-4-14-10-9-12(2)11-16(14)15-8-6-5-7-13(15)3/h5-11H,4H2,1-3H3. The average Bonchev–Trinajstić information content (AvgIpc) is 2.29. The van der Waals surface area contributed by atoms with Gasteiger partial charge in [0.05, 0.1) is 0 Å². The Kier molecular flexibility index (Phi) is 3.09. The fraction of sp³-hybridized carbons (Fsp3) is 0.250. The molecule has 16 heavy (non-hydrogen) atoms. The molecule has 2 aromatic rings. The molecular weight excluding hydrogens is 192 g/mol. The van der Waals surface area contributed by atoms with Gasteiger partial charge < -0.3 is 0 Å². The van der Waals surface area contributed by atoms with Crippen LogP contribution in [0.3, 0.4) is 0 Å². The molecule has 0 saturated heterocycles. The summed E-state index contributed by atoms with van der Waals surface area (Å²) in [6.07, 6.45) is 1.09. The molecule has 2 aromatic carbocycles. The lowest BCUT2D eigenvalue weighted by molar-refractivity contribution is 1.14. The molecule has 82 valence electrons. The van der Waals surface area contributed by atoms with Gasteiger partial charge in [0.1, 0.15) is 0 Å². The Morgan fingerprint density at radius 3 is 2.31 bits per heavy atom. The average molecular weight is 210 g/mol. The van der Waals surface area contributed by atoms with Crippen molar-refractivity contribution in [2.24, 2.45) is 0 Å². The highest BCUT2D eigenvalue weighted by atomic mass is 14.1. The third kappa shape index (κ3) is 2.01. The van der Waals surface area contributed by atoms with Crippen molar-refractivity contribution >= 4 is 0 Å². The molecule has 0 heterocycles. The van der Waals surface area contributed by atoms with E-state index in [2.05, 4.69) is 63.2 Å². The van der Waals surface area contributed by atoms with Crippen molar-refractivity contribution in [1.82, 2.24) is 0 Å². The molecule has 2 rings (SSSR count). The van der Waals surface area contributed by atoms with E-state index in [4.69, 9.17) is 0 Å². The van der Waals surface area contributed by atoms with Crippen LogP contribution in [0.5, 0.6) is 0 Å². The molecule has 0 heteroatoms. The van der Waals surface area contributed by atoms with E-state index in [-0.39, 0.29) is 0 Å². The van der Waals surface area contributed by atoms with E-state index in [1.807, 2.05) is 0 Å². The van der Waals surface area contributed by atoms with Gasteiger partial charge in [-0.3, -0.25) is 0 Å². The Balaban J connectivity index is 2.63. The molecule has 0 aromatic heterocycles. The predicted octanol–water partition coefficient (Wildman–Crippen LogP) is 4.53. The number of benzene rings is 2. The van der Waals surface area contributed by atoms with Crippen molar-refractivity contribution in [3.05, 3.63) is 59.2 Å². The zero-order chi connectivity index (χ0) is 11.5. The second-order valence-corrected chi connectivity index (χ2v) is 4.33. The van der Waals surface area contributed by atoms with E-state index in [0.29, 0.717) is 0 Å². The van der Waals surface area contributed by atoms with Crippen molar-refractivity contribution in [2.75, 3.05) is 0 Å². The Morgan fingerprint density at radius 1 is 0.875 bits per heavy atom. The number of rotatable bonds is 2. The van der Waals surface area contributed by atoms with Gasteiger partial charge in [0.25, 0.3) is 0 Å². The van der Waals surface area contributed by atoms with Gasteiger partial charge in [-0.1, -0.05) is 55.0 Å². The van der Waals surface area contributed by atoms with E-state index < -0.39 is 0 Å². The van der Waals surface area contributed by atoms with E-state index in [0.717, 1.165) is 6.42 Å². The van der Waals surface area contributed by atoms with Crippen LogP contribution in [0.1, 0.15) is 23.6 Å². The monoisotopic (exact) mass is 210 g/mol. The van der Waals surface area contributed by atoms with Crippen LogP contribution in [0.15, 0.2) is 42.5 Å². The highest BCUT2D eigenvalue weighted by Gasteiger charge is 2.05. The van der Waals surface area contributed by atoms with Crippen LogP contribution in [0, 0.1) is 13.8 Å². The minimum Gasteiger partial charge on any atom is -0.0620 e. The van der Waals surface area contributed by atoms with Crippen LogP contribution in [-0.4, -0.2) is 0 Å². The molecule has 0 aliphatic heterocycles. The second kappa shape index (κ2) is 4.52. The van der Waals surface area contributed by atoms with Crippen molar-refractivity contribution in [3.8, 4) is 11.1 Å². The molecule has 0 aliphatic carbocycles. The van der Waals surface area contributed by atoms with Gasteiger partial charge in [-0.15, -0.1) is 0 Å². The Bertz CT molecular complexity index is 495. The summed E-state index contributed by atoms with van der Waals surface area (Å²) in [5.41, 5.74) is 6.86. The van der Waals surface area contributed by atoms with Gasteiger partial charge in [-0.05, 0) is 42.5 Å². The maximum Gasteiger partial charge on any atom is -0.0147 e. The van der Waals surface area contributed by atoms with Crippen LogP contribution < -0.4 is 0 Å². The smallest absolute Gasteiger partial charge is 0.0147 e. The van der Waals surface area contributed by atoms with E-state index in [9.17, 15) is 0 Å². The third-order valence-corrected chi connectivity index (χ3v) is 3.08. The first kappa shape index (κ1) is 10.9. The van der Waals surface area contributed by atoms with Crippen molar-refractivity contribution in [3.63, 3.8) is 0 Å². The molecule has 0 fully saturated rings. The number of aryl methyl sites for hydroxylation is 3. The molecule has 0 bridgehead atoms. The lowest BCUT2D eigenvalue weighted by Gasteiger charge is -2.11. The van der Waals surface area contributed by atoms with E-state index in [1.54, 1.807) is 0 Å². The fourth-order valence-electron chi connectivity index (χ4n) is 2.12. The first-order chi connectivity index (χ1) is 7.72. The van der Waals surface area contributed by atoms with E-state index in [1.165, 1.54) is 27.8 Å². The Hall–Kier alpha value is -1.56.